The molecule has 0 spiro atoms. The Hall–Kier alpha value is -2.55. The molecule has 0 saturated heterocycles. The molecule has 0 saturated carbocycles. The molecule has 1 N–H and O–H groups in total. The zero-order valence-electron chi connectivity index (χ0n) is 14.0. The number of hydrogen-bond acceptors (Lipinski definition) is 6. The van der Waals surface area contributed by atoms with Crippen LogP contribution in [0.2, 0.25) is 0 Å². The molecule has 0 radical (unpaired) electrons. The van der Waals surface area contributed by atoms with Crippen molar-refractivity contribution in [3.05, 3.63) is 35.7 Å². The summed E-state index contributed by atoms with van der Waals surface area (Å²) in [6, 6.07) is 4.88. The number of sulfone groups is 1. The van der Waals surface area contributed by atoms with E-state index in [1.54, 1.807) is 29.0 Å². The number of methoxy groups -OCH3 is 1. The number of rotatable bonds is 5. The average Bonchev–Trinajstić information content (AvgIpc) is 2.98. The highest BCUT2D eigenvalue weighted by molar-refractivity contribution is 7.90. The minimum atomic E-state index is -3.17. The highest BCUT2D eigenvalue weighted by Crippen LogP contribution is 2.27. The van der Waals surface area contributed by atoms with Gasteiger partial charge in [-0.1, -0.05) is 0 Å². The maximum absolute atomic E-state index is 12.6. The number of hydrogen-bond donors (Lipinski definition) is 1. The van der Waals surface area contributed by atoms with E-state index >= 15 is 0 Å². The third-order valence-corrected chi connectivity index (χ3v) is 5.41. The van der Waals surface area contributed by atoms with Crippen LogP contribution in [0.3, 0.4) is 0 Å². The molecule has 0 aliphatic carbocycles. The predicted molar refractivity (Wildman–Crippen MR) is 91.8 cm³/mol. The van der Waals surface area contributed by atoms with Gasteiger partial charge in [0.2, 0.25) is 11.8 Å². The quantitative estimate of drug-likeness (QED) is 0.861. The maximum atomic E-state index is 12.6. The van der Waals surface area contributed by atoms with Crippen LogP contribution >= 0.6 is 0 Å². The summed E-state index contributed by atoms with van der Waals surface area (Å²) < 4.78 is 36.0. The molecule has 134 valence electrons. The first-order valence-corrected chi connectivity index (χ1v) is 9.63. The van der Waals surface area contributed by atoms with Crippen molar-refractivity contribution >= 4 is 21.4 Å². The molecule has 2 aromatic rings. The second-order valence-electron chi connectivity index (χ2n) is 5.55. The van der Waals surface area contributed by atoms with E-state index in [0.29, 0.717) is 36.0 Å². The lowest BCUT2D eigenvalue weighted by atomic mass is 10.2. The fourth-order valence-electron chi connectivity index (χ4n) is 2.69. The summed E-state index contributed by atoms with van der Waals surface area (Å²) in [6.45, 7) is 2.67. The van der Waals surface area contributed by atoms with Gasteiger partial charge >= 0.3 is 0 Å². The Kier molecular flexibility index (Phi) is 4.67. The number of nitrogens with one attached hydrogen (secondary N) is 1. The minimum absolute atomic E-state index is 0.0897. The van der Waals surface area contributed by atoms with Crippen molar-refractivity contribution in [3.8, 4) is 11.8 Å². The molecule has 0 atom stereocenters. The molecule has 8 nitrogen and oxygen atoms in total. The molecule has 0 unspecified atom stereocenters. The van der Waals surface area contributed by atoms with Crippen LogP contribution in [0.4, 0.5) is 5.69 Å². The fourth-order valence-corrected chi connectivity index (χ4v) is 4.05. The molecule has 0 bridgehead atoms. The molecule has 3 rings (SSSR count). The topological polar surface area (TPSA) is 99.5 Å². The zero-order chi connectivity index (χ0) is 18.0. The van der Waals surface area contributed by atoms with Crippen molar-refractivity contribution in [3.63, 3.8) is 0 Å². The van der Waals surface area contributed by atoms with E-state index in [1.807, 2.05) is 6.92 Å². The lowest BCUT2D eigenvalue weighted by Gasteiger charge is -2.17. The number of carbonyl (C=O) groups is 1. The molecule has 2 aromatic heterocycles. The third kappa shape index (κ3) is 3.60. The van der Waals surface area contributed by atoms with Crippen LogP contribution in [-0.4, -0.2) is 43.3 Å². The number of amides is 1. The largest absolute Gasteiger partial charge is 0.479 e. The molecule has 3 heterocycles. The molecule has 1 amide bonds. The number of aryl methyl sites for hydroxylation is 1. The van der Waals surface area contributed by atoms with Gasteiger partial charge < -0.3 is 19.4 Å². The van der Waals surface area contributed by atoms with Gasteiger partial charge in [0.25, 0.3) is 5.91 Å². The molecule has 1 aliphatic heterocycles. The Morgan fingerprint density at radius 1 is 1.36 bits per heavy atom. The van der Waals surface area contributed by atoms with Gasteiger partial charge in [-0.2, -0.15) is 4.98 Å². The number of pyridine rings is 1. The van der Waals surface area contributed by atoms with Crippen molar-refractivity contribution in [1.82, 2.24) is 9.55 Å². The van der Waals surface area contributed by atoms with Crippen LogP contribution < -0.4 is 14.8 Å². The van der Waals surface area contributed by atoms with Crippen molar-refractivity contribution in [2.24, 2.45) is 0 Å². The van der Waals surface area contributed by atoms with Gasteiger partial charge in [0.15, 0.2) is 9.84 Å². The van der Waals surface area contributed by atoms with Crippen molar-refractivity contribution < 1.29 is 22.7 Å². The van der Waals surface area contributed by atoms with E-state index in [2.05, 4.69) is 10.3 Å². The van der Waals surface area contributed by atoms with Crippen LogP contribution in [0.15, 0.2) is 24.4 Å². The third-order valence-electron chi connectivity index (χ3n) is 3.89. The summed E-state index contributed by atoms with van der Waals surface area (Å²) in [6.07, 6.45) is 1.73. The summed E-state index contributed by atoms with van der Waals surface area (Å²) in [5.41, 5.74) is 1.22. The normalized spacial score (nSPS) is 15.3. The van der Waals surface area contributed by atoms with Gasteiger partial charge in [-0.15, -0.1) is 0 Å². The first kappa shape index (κ1) is 17.3. The van der Waals surface area contributed by atoms with Gasteiger partial charge in [0.1, 0.15) is 5.69 Å². The molecule has 1 aliphatic rings. The summed E-state index contributed by atoms with van der Waals surface area (Å²) in [5.74, 6) is 0.160. The van der Waals surface area contributed by atoms with E-state index in [-0.39, 0.29) is 17.4 Å². The fraction of sp³-hybridized carbons (Fsp3) is 0.375. The second kappa shape index (κ2) is 6.75. The highest BCUT2D eigenvalue weighted by atomic mass is 32.2. The van der Waals surface area contributed by atoms with Crippen LogP contribution in [-0.2, 0) is 22.1 Å². The number of nitrogens with zero attached hydrogens (tertiary/aromatic N) is 2. The Morgan fingerprint density at radius 2 is 2.16 bits per heavy atom. The second-order valence-corrected chi connectivity index (χ2v) is 7.74. The molecular weight excluding hydrogens is 346 g/mol. The predicted octanol–water partition coefficient (Wildman–Crippen LogP) is 1.47. The highest BCUT2D eigenvalue weighted by Gasteiger charge is 2.26. The van der Waals surface area contributed by atoms with Crippen LogP contribution in [0.25, 0.3) is 0 Å². The van der Waals surface area contributed by atoms with Crippen molar-refractivity contribution in [2.75, 3.05) is 24.8 Å². The minimum Gasteiger partial charge on any atom is -0.479 e. The van der Waals surface area contributed by atoms with E-state index in [0.717, 1.165) is 0 Å². The monoisotopic (exact) mass is 365 g/mol. The van der Waals surface area contributed by atoms with Gasteiger partial charge in [-0.25, -0.2) is 8.42 Å². The Bertz CT molecular complexity index is 904. The first-order valence-electron chi connectivity index (χ1n) is 7.81. The molecular formula is C16H19N3O5S. The van der Waals surface area contributed by atoms with Crippen molar-refractivity contribution in [1.29, 1.82) is 0 Å². The molecule has 0 aromatic carbocycles. The number of anilines is 1. The Morgan fingerprint density at radius 3 is 2.88 bits per heavy atom. The molecule has 9 heteroatoms. The van der Waals surface area contributed by atoms with E-state index in [9.17, 15) is 13.2 Å². The summed E-state index contributed by atoms with van der Waals surface area (Å²) in [4.78, 5) is 16.8. The number of carbonyl (C=O) groups excluding carboxylic acids is 1. The zero-order valence-corrected chi connectivity index (χ0v) is 14.8. The smallest absolute Gasteiger partial charge is 0.257 e. The van der Waals surface area contributed by atoms with Gasteiger partial charge in [-0.3, -0.25) is 4.79 Å². The van der Waals surface area contributed by atoms with Crippen molar-refractivity contribution in [2.45, 2.75) is 19.2 Å². The summed E-state index contributed by atoms with van der Waals surface area (Å²) in [7, 11) is -1.73. The van der Waals surface area contributed by atoms with Crippen LogP contribution in [0.1, 0.15) is 23.0 Å². The van der Waals surface area contributed by atoms with E-state index in [1.165, 1.54) is 7.11 Å². The lowest BCUT2D eigenvalue weighted by molar-refractivity contribution is 0.102. The first-order chi connectivity index (χ1) is 11.9. The molecule has 0 fully saturated rings. The van der Waals surface area contributed by atoms with E-state index in [4.69, 9.17) is 9.47 Å². The molecule has 25 heavy (non-hydrogen) atoms. The Labute approximate surface area is 145 Å². The summed E-state index contributed by atoms with van der Waals surface area (Å²) >= 11 is 0. The SMILES string of the molecule is CCOc1ccc(NC(=O)c2ccn3c2CS(=O)(=O)CC3)c(OC)n1. The number of ether oxygens (including phenoxy) is 2. The lowest BCUT2D eigenvalue weighted by Crippen LogP contribution is -2.25. The number of fused-ring (bicyclic) bond motifs is 1. The standard InChI is InChI=1S/C16H19N3O5S/c1-3-24-14-5-4-12(16(18-14)23-2)17-15(20)11-6-7-19-8-9-25(21,22)10-13(11)19/h4-7H,3,8-10H2,1-2H3,(H,17,20). The van der Waals surface area contributed by atoms with Gasteiger partial charge in [0, 0.05) is 24.5 Å². The number of aromatic nitrogens is 2. The average molecular weight is 365 g/mol. The van der Waals surface area contributed by atoms with Crippen LogP contribution in [0.5, 0.6) is 11.8 Å². The van der Waals surface area contributed by atoms with E-state index < -0.39 is 15.7 Å². The maximum Gasteiger partial charge on any atom is 0.257 e. The van der Waals surface area contributed by atoms with Gasteiger partial charge in [0.05, 0.1) is 30.8 Å². The summed E-state index contributed by atoms with van der Waals surface area (Å²) in [5, 5.41) is 2.72. The van der Waals surface area contributed by atoms with Crippen LogP contribution in [0, 0.1) is 0 Å². The van der Waals surface area contributed by atoms with Gasteiger partial charge in [-0.05, 0) is 19.1 Å². The Balaban J connectivity index is 1.85.